The van der Waals surface area contributed by atoms with Crippen LogP contribution in [0.3, 0.4) is 0 Å². The van der Waals surface area contributed by atoms with E-state index in [4.69, 9.17) is 4.98 Å². The van der Waals surface area contributed by atoms with Crippen molar-refractivity contribution in [1.82, 2.24) is 14.9 Å². The van der Waals surface area contributed by atoms with Crippen molar-refractivity contribution in [3.8, 4) is 0 Å². The zero-order chi connectivity index (χ0) is 29.7. The molecule has 2 fully saturated rings. The zero-order valence-corrected chi connectivity index (χ0v) is 24.2. The molecule has 2 aromatic heterocycles. The van der Waals surface area contributed by atoms with Gasteiger partial charge in [-0.25, -0.2) is 0 Å². The van der Waals surface area contributed by atoms with E-state index in [9.17, 15) is 14.7 Å². The van der Waals surface area contributed by atoms with Crippen molar-refractivity contribution in [1.29, 1.82) is 0 Å². The molecule has 6 atom stereocenters. The molecule has 1 aliphatic heterocycles. The summed E-state index contributed by atoms with van der Waals surface area (Å²) in [5.41, 5.74) is 3.82. The highest BCUT2D eigenvalue weighted by Crippen LogP contribution is 2.64. The Kier molecular flexibility index (Phi) is 6.66. The first-order valence-electron chi connectivity index (χ1n) is 15.0. The maximum absolute atomic E-state index is 14.3. The largest absolute Gasteiger partial charge is 0.375 e. The van der Waals surface area contributed by atoms with Crippen LogP contribution in [0.15, 0.2) is 127 Å². The van der Waals surface area contributed by atoms with Gasteiger partial charge in [0.2, 0.25) is 11.8 Å². The molecule has 2 aromatic carbocycles. The number of hydrogen-bond acceptors (Lipinski definition) is 5. The van der Waals surface area contributed by atoms with Gasteiger partial charge in [-0.15, -0.1) is 0 Å². The predicted octanol–water partition coefficient (Wildman–Crippen LogP) is 5.80. The van der Waals surface area contributed by atoms with Gasteiger partial charge in [0.05, 0.1) is 23.2 Å². The lowest BCUT2D eigenvalue weighted by Gasteiger charge is -2.36. The summed E-state index contributed by atoms with van der Waals surface area (Å²) in [5, 5.41) is 12.9. The molecule has 2 amide bonds. The lowest BCUT2D eigenvalue weighted by Crippen LogP contribution is -2.41. The van der Waals surface area contributed by atoms with E-state index in [0.717, 1.165) is 22.4 Å². The molecule has 0 spiro atoms. The first kappa shape index (κ1) is 27.2. The summed E-state index contributed by atoms with van der Waals surface area (Å²) < 4.78 is 0. The van der Waals surface area contributed by atoms with E-state index >= 15 is 0 Å². The van der Waals surface area contributed by atoms with Crippen LogP contribution in [0.4, 0.5) is 0 Å². The van der Waals surface area contributed by atoms with Gasteiger partial charge >= 0.3 is 0 Å². The molecular formula is C37H33N3O3. The normalized spacial score (nSPS) is 25.7. The number of aromatic nitrogens is 2. The third-order valence-electron chi connectivity index (χ3n) is 9.52. The summed E-state index contributed by atoms with van der Waals surface area (Å²) in [4.78, 5) is 39.3. The van der Waals surface area contributed by atoms with Gasteiger partial charge in [0.25, 0.3) is 0 Å². The molecule has 43 heavy (non-hydrogen) atoms. The van der Waals surface area contributed by atoms with Crippen molar-refractivity contribution >= 4 is 17.4 Å². The molecule has 0 radical (unpaired) electrons. The van der Waals surface area contributed by atoms with Crippen LogP contribution >= 0.6 is 0 Å². The van der Waals surface area contributed by atoms with Crippen LogP contribution < -0.4 is 0 Å². The summed E-state index contributed by atoms with van der Waals surface area (Å²) >= 11 is 0. The lowest BCUT2D eigenvalue weighted by atomic mass is 9.71. The number of benzene rings is 2. The van der Waals surface area contributed by atoms with Crippen LogP contribution in [0.2, 0.25) is 0 Å². The molecule has 1 saturated heterocycles. The minimum absolute atomic E-state index is 0.126. The quantitative estimate of drug-likeness (QED) is 0.225. The van der Waals surface area contributed by atoms with E-state index in [1.54, 1.807) is 12.4 Å². The third-order valence-corrected chi connectivity index (χ3v) is 9.52. The van der Waals surface area contributed by atoms with E-state index in [1.165, 1.54) is 4.90 Å². The summed E-state index contributed by atoms with van der Waals surface area (Å²) in [7, 11) is 0. The standard InChI is InChI=1S/C37H33N3O3/c1-3-23(2)40-35(41)32-26-22-27(37(43,25-16-8-5-9-17-25)29-19-11-13-21-39-29)33(34(32)36(40)42)31(26)30(24-14-6-4-7-15-24)28-18-10-12-20-38-28/h4-23,26,32-34,43H,3H2,1-2H3/b31-30+/t23?,26-,32-,33+,34-,37?/m1/s1. The van der Waals surface area contributed by atoms with Gasteiger partial charge in [0, 0.05) is 35.8 Å². The molecule has 3 aliphatic rings. The molecule has 4 aromatic rings. The van der Waals surface area contributed by atoms with Crippen LogP contribution in [0, 0.1) is 23.7 Å². The molecule has 2 bridgehead atoms. The molecule has 3 heterocycles. The zero-order valence-electron chi connectivity index (χ0n) is 24.2. The number of carbonyl (C=O) groups is 2. The molecule has 1 N–H and O–H groups in total. The average Bonchev–Trinajstić information content (AvgIpc) is 3.68. The maximum Gasteiger partial charge on any atom is 0.234 e. The number of carbonyl (C=O) groups excluding carboxylic acids is 2. The fraction of sp³-hybridized carbons (Fsp3) is 0.243. The summed E-state index contributed by atoms with van der Waals surface area (Å²) in [5.74, 6) is -2.35. The van der Waals surface area contributed by atoms with Crippen molar-refractivity contribution in [2.45, 2.75) is 31.9 Å². The highest BCUT2D eigenvalue weighted by molar-refractivity contribution is 6.08. The predicted molar refractivity (Wildman–Crippen MR) is 164 cm³/mol. The van der Waals surface area contributed by atoms with E-state index in [0.29, 0.717) is 23.3 Å². The van der Waals surface area contributed by atoms with Crippen LogP contribution in [0.5, 0.6) is 0 Å². The molecule has 214 valence electrons. The number of imide groups is 1. The number of likely N-dealkylation sites (tertiary alicyclic amines) is 1. The Hall–Kier alpha value is -4.68. The van der Waals surface area contributed by atoms with Crippen molar-refractivity contribution in [2.75, 3.05) is 0 Å². The van der Waals surface area contributed by atoms with E-state index in [-0.39, 0.29) is 23.8 Å². The van der Waals surface area contributed by atoms with E-state index in [1.807, 2.05) is 111 Å². The highest BCUT2D eigenvalue weighted by atomic mass is 16.3. The van der Waals surface area contributed by atoms with Crippen LogP contribution in [-0.4, -0.2) is 37.8 Å². The smallest absolute Gasteiger partial charge is 0.234 e. The van der Waals surface area contributed by atoms with Gasteiger partial charge in [-0.2, -0.15) is 0 Å². The van der Waals surface area contributed by atoms with Gasteiger partial charge in [0.15, 0.2) is 5.60 Å². The Morgan fingerprint density at radius 2 is 1.47 bits per heavy atom. The molecule has 2 aliphatic carbocycles. The maximum atomic E-state index is 14.3. The second-order valence-corrected chi connectivity index (χ2v) is 11.7. The molecular weight excluding hydrogens is 534 g/mol. The monoisotopic (exact) mass is 567 g/mol. The lowest BCUT2D eigenvalue weighted by molar-refractivity contribution is -0.142. The number of pyridine rings is 2. The van der Waals surface area contributed by atoms with Crippen molar-refractivity contribution in [2.24, 2.45) is 23.7 Å². The van der Waals surface area contributed by atoms with E-state index in [2.05, 4.69) is 11.1 Å². The van der Waals surface area contributed by atoms with Crippen molar-refractivity contribution in [3.05, 3.63) is 149 Å². The van der Waals surface area contributed by atoms with Gasteiger partial charge in [-0.05, 0) is 59.9 Å². The molecule has 7 rings (SSSR count). The number of fused-ring (bicyclic) bond motifs is 5. The Labute approximate surface area is 251 Å². The minimum atomic E-state index is -1.61. The van der Waals surface area contributed by atoms with Crippen LogP contribution in [0.1, 0.15) is 42.8 Å². The fourth-order valence-electron chi connectivity index (χ4n) is 7.49. The summed E-state index contributed by atoms with van der Waals surface area (Å²) in [6, 6.07) is 30.6. The molecule has 1 saturated carbocycles. The molecule has 2 unspecified atom stereocenters. The van der Waals surface area contributed by atoms with E-state index < -0.39 is 23.4 Å². The van der Waals surface area contributed by atoms with Gasteiger partial charge in [-0.1, -0.05) is 85.8 Å². The number of nitrogens with zero attached hydrogens (tertiary/aromatic N) is 3. The van der Waals surface area contributed by atoms with Crippen molar-refractivity contribution in [3.63, 3.8) is 0 Å². The Morgan fingerprint density at radius 3 is 2.09 bits per heavy atom. The second-order valence-electron chi connectivity index (χ2n) is 11.7. The highest BCUT2D eigenvalue weighted by Gasteiger charge is 2.67. The first-order valence-corrected chi connectivity index (χ1v) is 15.0. The van der Waals surface area contributed by atoms with Gasteiger partial charge < -0.3 is 5.11 Å². The van der Waals surface area contributed by atoms with Crippen LogP contribution in [-0.2, 0) is 15.2 Å². The number of amides is 2. The summed E-state index contributed by atoms with van der Waals surface area (Å²) in [6.07, 6.45) is 6.18. The number of aliphatic hydroxyl groups is 1. The summed E-state index contributed by atoms with van der Waals surface area (Å²) in [6.45, 7) is 3.92. The Morgan fingerprint density at radius 1 is 0.837 bits per heavy atom. The first-order chi connectivity index (χ1) is 21.0. The van der Waals surface area contributed by atoms with Gasteiger partial charge in [0.1, 0.15) is 0 Å². The number of allylic oxidation sites excluding steroid dienone is 2. The second kappa shape index (κ2) is 10.5. The molecule has 6 nitrogen and oxygen atoms in total. The van der Waals surface area contributed by atoms with Gasteiger partial charge in [-0.3, -0.25) is 24.5 Å². The minimum Gasteiger partial charge on any atom is -0.375 e. The topological polar surface area (TPSA) is 83.4 Å². The van der Waals surface area contributed by atoms with Crippen LogP contribution in [0.25, 0.3) is 5.57 Å². The average molecular weight is 568 g/mol. The SMILES string of the molecule is CCC(C)N1C(=O)[C@@H]2[C@H](C1=O)[C@@H]1C=C(C(O)(c3ccccc3)c3ccccn3)[C@H]2/C1=C(\c1ccccc1)c1ccccn1. The molecule has 6 heteroatoms. The number of rotatable bonds is 7. The Balaban J connectivity index is 1.52. The fourth-order valence-corrected chi connectivity index (χ4v) is 7.49. The third kappa shape index (κ3) is 4.04. The number of hydrogen-bond donors (Lipinski definition) is 1. The van der Waals surface area contributed by atoms with Crippen molar-refractivity contribution < 1.29 is 14.7 Å². The Bertz CT molecular complexity index is 1650.